The summed E-state index contributed by atoms with van der Waals surface area (Å²) in [4.78, 5) is 13.2. The first-order chi connectivity index (χ1) is 12.7. The van der Waals surface area contributed by atoms with Crippen molar-refractivity contribution in [3.05, 3.63) is 35.7 Å². The van der Waals surface area contributed by atoms with Crippen molar-refractivity contribution in [3.8, 4) is 0 Å². The van der Waals surface area contributed by atoms with E-state index in [0.717, 1.165) is 31.4 Å². The van der Waals surface area contributed by atoms with Crippen LogP contribution >= 0.6 is 35.5 Å². The van der Waals surface area contributed by atoms with Crippen LogP contribution in [0.25, 0.3) is 10.3 Å². The molecular formula is C16H17BClN5O2S2. The van der Waals surface area contributed by atoms with Crippen molar-refractivity contribution in [2.24, 2.45) is 5.10 Å². The van der Waals surface area contributed by atoms with Crippen molar-refractivity contribution >= 4 is 70.5 Å². The minimum atomic E-state index is -0.825. The molecule has 1 aromatic carbocycles. The molecule has 1 N–H and O–H groups in total. The summed E-state index contributed by atoms with van der Waals surface area (Å²) < 4.78 is 7.12. The highest BCUT2D eigenvalue weighted by molar-refractivity contribution is 8.00. The Morgan fingerprint density at radius 2 is 2.30 bits per heavy atom. The van der Waals surface area contributed by atoms with E-state index >= 15 is 0 Å². The standard InChI is InChI=1S/C16H16BN5O2S2.ClH/c1-3-22(15-13-14(18-9-19-15)21-16(25-2)26-13)20-7-10-4-5-12-11(6-10)8-24-17(12)23;/h4-7,9,23H,3,8H2,1-2H3;1H/b20-7+;. The van der Waals surface area contributed by atoms with Crippen LogP contribution in [0.4, 0.5) is 5.82 Å². The summed E-state index contributed by atoms with van der Waals surface area (Å²) in [5.74, 6) is 0.756. The predicted octanol–water partition coefficient (Wildman–Crippen LogP) is 2.31. The summed E-state index contributed by atoms with van der Waals surface area (Å²) in [6.07, 6.45) is 5.31. The summed E-state index contributed by atoms with van der Waals surface area (Å²) >= 11 is 3.17. The number of anilines is 1. The highest BCUT2D eigenvalue weighted by atomic mass is 35.5. The van der Waals surface area contributed by atoms with Gasteiger partial charge in [-0.25, -0.2) is 20.0 Å². The van der Waals surface area contributed by atoms with Gasteiger partial charge in [0.2, 0.25) is 0 Å². The van der Waals surface area contributed by atoms with Crippen molar-refractivity contribution in [2.45, 2.75) is 17.9 Å². The van der Waals surface area contributed by atoms with Gasteiger partial charge in [0.15, 0.2) is 15.8 Å². The molecule has 0 fully saturated rings. The number of fused-ring (bicyclic) bond motifs is 2. The number of rotatable bonds is 5. The smallest absolute Gasteiger partial charge is 0.423 e. The molecule has 3 aromatic rings. The fourth-order valence-corrected chi connectivity index (χ4v) is 4.25. The zero-order valence-electron chi connectivity index (χ0n) is 14.7. The quantitative estimate of drug-likeness (QED) is 0.293. The summed E-state index contributed by atoms with van der Waals surface area (Å²) in [6.45, 7) is 3.11. The monoisotopic (exact) mass is 421 g/mol. The predicted molar refractivity (Wildman–Crippen MR) is 114 cm³/mol. The third kappa shape index (κ3) is 3.95. The summed E-state index contributed by atoms with van der Waals surface area (Å²) in [5.41, 5.74) is 3.45. The molecule has 0 amide bonds. The third-order valence-corrected chi connectivity index (χ3v) is 6.07. The first-order valence-electron chi connectivity index (χ1n) is 8.09. The lowest BCUT2D eigenvalue weighted by Gasteiger charge is -2.15. The molecule has 1 aliphatic heterocycles. The molecular weight excluding hydrogens is 405 g/mol. The normalized spacial score (nSPS) is 13.2. The molecule has 0 bridgehead atoms. The molecule has 0 radical (unpaired) electrons. The Balaban J connectivity index is 0.00000210. The van der Waals surface area contributed by atoms with Crippen LogP contribution in [0, 0.1) is 0 Å². The van der Waals surface area contributed by atoms with Gasteiger partial charge in [-0.05, 0) is 35.8 Å². The molecule has 1 aliphatic rings. The van der Waals surface area contributed by atoms with Gasteiger partial charge >= 0.3 is 7.12 Å². The fraction of sp³-hybridized carbons (Fsp3) is 0.250. The number of aromatic nitrogens is 3. The Labute approximate surface area is 171 Å². The zero-order chi connectivity index (χ0) is 18.1. The van der Waals surface area contributed by atoms with E-state index in [1.165, 1.54) is 6.33 Å². The second-order valence-electron chi connectivity index (χ2n) is 5.62. The molecule has 27 heavy (non-hydrogen) atoms. The summed E-state index contributed by atoms with van der Waals surface area (Å²) in [7, 11) is -0.825. The van der Waals surface area contributed by atoms with Crippen LogP contribution in [-0.4, -0.2) is 46.1 Å². The van der Waals surface area contributed by atoms with Gasteiger partial charge in [-0.1, -0.05) is 23.9 Å². The Morgan fingerprint density at radius 1 is 1.44 bits per heavy atom. The van der Waals surface area contributed by atoms with Crippen molar-refractivity contribution in [1.29, 1.82) is 0 Å². The number of benzene rings is 1. The van der Waals surface area contributed by atoms with E-state index in [1.54, 1.807) is 29.3 Å². The number of hydrogen-bond acceptors (Lipinski definition) is 9. The Bertz CT molecular complexity index is 987. The van der Waals surface area contributed by atoms with E-state index in [1.807, 2.05) is 36.4 Å². The van der Waals surface area contributed by atoms with Gasteiger partial charge in [-0.3, -0.25) is 0 Å². The number of hydrazone groups is 1. The van der Waals surface area contributed by atoms with E-state index in [4.69, 9.17) is 4.65 Å². The first-order valence-corrected chi connectivity index (χ1v) is 10.1. The minimum absolute atomic E-state index is 0. The summed E-state index contributed by atoms with van der Waals surface area (Å²) in [5, 5.41) is 16.2. The van der Waals surface area contributed by atoms with E-state index in [0.29, 0.717) is 18.8 Å². The summed E-state index contributed by atoms with van der Waals surface area (Å²) in [6, 6.07) is 5.78. The lowest BCUT2D eigenvalue weighted by molar-refractivity contribution is 0.275. The van der Waals surface area contributed by atoms with Crippen LogP contribution in [-0.2, 0) is 11.3 Å². The van der Waals surface area contributed by atoms with E-state index in [2.05, 4.69) is 20.1 Å². The molecule has 0 saturated carbocycles. The van der Waals surface area contributed by atoms with Gasteiger partial charge in [-0.15, -0.1) is 23.7 Å². The molecule has 3 heterocycles. The highest BCUT2D eigenvalue weighted by Gasteiger charge is 2.26. The van der Waals surface area contributed by atoms with E-state index in [9.17, 15) is 5.02 Å². The third-order valence-electron chi connectivity index (χ3n) is 4.05. The van der Waals surface area contributed by atoms with Crippen LogP contribution in [0.15, 0.2) is 34.0 Å². The average molecular weight is 422 g/mol. The van der Waals surface area contributed by atoms with Crippen molar-refractivity contribution in [2.75, 3.05) is 17.8 Å². The molecule has 11 heteroatoms. The van der Waals surface area contributed by atoms with Crippen molar-refractivity contribution < 1.29 is 9.68 Å². The zero-order valence-corrected chi connectivity index (χ0v) is 17.1. The van der Waals surface area contributed by atoms with Crippen LogP contribution in [0.1, 0.15) is 18.1 Å². The highest BCUT2D eigenvalue weighted by Crippen LogP contribution is 2.32. The lowest BCUT2D eigenvalue weighted by Crippen LogP contribution is -2.27. The van der Waals surface area contributed by atoms with E-state index < -0.39 is 7.12 Å². The van der Waals surface area contributed by atoms with Crippen molar-refractivity contribution in [1.82, 2.24) is 15.0 Å². The Hall–Kier alpha value is -1.72. The molecule has 4 rings (SSSR count). The molecule has 7 nitrogen and oxygen atoms in total. The van der Waals surface area contributed by atoms with Gasteiger partial charge in [0.1, 0.15) is 11.0 Å². The van der Waals surface area contributed by atoms with E-state index in [-0.39, 0.29) is 12.4 Å². The maximum atomic E-state index is 9.72. The number of nitrogens with zero attached hydrogens (tertiary/aromatic N) is 5. The van der Waals surface area contributed by atoms with Gasteiger partial charge in [0, 0.05) is 6.54 Å². The first kappa shape index (κ1) is 20.0. The molecule has 2 aromatic heterocycles. The molecule has 0 atom stereocenters. The number of thioether (sulfide) groups is 1. The second kappa shape index (κ2) is 8.53. The number of halogens is 1. The topological polar surface area (TPSA) is 83.7 Å². The largest absolute Gasteiger partial charge is 0.491 e. The van der Waals surface area contributed by atoms with Gasteiger partial charge < -0.3 is 9.68 Å². The van der Waals surface area contributed by atoms with Gasteiger partial charge in [-0.2, -0.15) is 5.10 Å². The Morgan fingerprint density at radius 3 is 3.07 bits per heavy atom. The minimum Gasteiger partial charge on any atom is -0.423 e. The van der Waals surface area contributed by atoms with Gasteiger partial charge in [0.25, 0.3) is 0 Å². The number of hydrogen-bond donors (Lipinski definition) is 1. The molecule has 0 aliphatic carbocycles. The molecule has 0 saturated heterocycles. The van der Waals surface area contributed by atoms with Crippen LogP contribution in [0.3, 0.4) is 0 Å². The second-order valence-corrected chi connectivity index (χ2v) is 7.67. The van der Waals surface area contributed by atoms with Crippen LogP contribution in [0.5, 0.6) is 0 Å². The Kier molecular flexibility index (Phi) is 6.33. The maximum absolute atomic E-state index is 9.72. The fourth-order valence-electron chi connectivity index (χ4n) is 2.75. The van der Waals surface area contributed by atoms with Crippen LogP contribution in [0.2, 0.25) is 0 Å². The maximum Gasteiger partial charge on any atom is 0.491 e. The lowest BCUT2D eigenvalue weighted by atomic mass is 9.79. The molecule has 140 valence electrons. The van der Waals surface area contributed by atoms with Crippen LogP contribution < -0.4 is 10.5 Å². The number of thiazole rings is 1. The SMILES string of the molecule is CCN(/N=C/c1ccc2c(c1)COB2O)c1ncnc2nc(SC)sc12.Cl. The average Bonchev–Trinajstić information content (AvgIpc) is 3.26. The molecule has 0 unspecified atom stereocenters. The van der Waals surface area contributed by atoms with Gasteiger partial charge in [0.05, 0.1) is 12.8 Å². The molecule has 0 spiro atoms. The van der Waals surface area contributed by atoms with Crippen molar-refractivity contribution in [3.63, 3.8) is 0 Å².